The molecule has 1 atom stereocenters. The van der Waals surface area contributed by atoms with Crippen molar-refractivity contribution in [2.24, 2.45) is 0 Å². The quantitative estimate of drug-likeness (QED) is 0.490. The summed E-state index contributed by atoms with van der Waals surface area (Å²) in [4.78, 5) is 12.9. The summed E-state index contributed by atoms with van der Waals surface area (Å²) >= 11 is 6.00. The molecule has 0 aliphatic heterocycles. The minimum atomic E-state index is -4.13. The van der Waals surface area contributed by atoms with E-state index in [1.807, 2.05) is 30.3 Å². The third kappa shape index (κ3) is 6.00. The van der Waals surface area contributed by atoms with Gasteiger partial charge >= 0.3 is 0 Å². The molecule has 2 N–H and O–H groups in total. The van der Waals surface area contributed by atoms with Gasteiger partial charge in [0.1, 0.15) is 22.4 Å². The fraction of sp³-hybridized carbons (Fsp3) is 0.174. The van der Waals surface area contributed by atoms with Crippen LogP contribution >= 0.6 is 11.6 Å². The molecule has 0 heterocycles. The Morgan fingerprint density at radius 2 is 1.66 bits per heavy atom. The van der Waals surface area contributed by atoms with Gasteiger partial charge in [-0.05, 0) is 54.4 Å². The van der Waals surface area contributed by atoms with Crippen molar-refractivity contribution in [3.63, 3.8) is 0 Å². The van der Waals surface area contributed by atoms with Crippen molar-refractivity contribution < 1.29 is 22.7 Å². The number of hydrogen-bond acceptors (Lipinski definition) is 5. The Kier molecular flexibility index (Phi) is 7.74. The van der Waals surface area contributed by atoms with E-state index in [9.17, 15) is 13.2 Å². The first-order valence-corrected chi connectivity index (χ1v) is 11.5. The highest BCUT2D eigenvalue weighted by Gasteiger charge is 2.28. The zero-order valence-corrected chi connectivity index (χ0v) is 19.1. The van der Waals surface area contributed by atoms with Crippen LogP contribution in [0.4, 0.5) is 5.69 Å². The van der Waals surface area contributed by atoms with Crippen LogP contribution in [0.25, 0.3) is 0 Å². The van der Waals surface area contributed by atoms with Crippen LogP contribution in [-0.4, -0.2) is 34.6 Å². The number of halogens is 1. The average Bonchev–Trinajstić information content (AvgIpc) is 2.79. The molecule has 0 saturated carbocycles. The van der Waals surface area contributed by atoms with Crippen LogP contribution < -0.4 is 19.5 Å². The van der Waals surface area contributed by atoms with Gasteiger partial charge in [-0.15, -0.1) is 0 Å². The van der Waals surface area contributed by atoms with Crippen molar-refractivity contribution in [3.8, 4) is 11.5 Å². The molecule has 3 rings (SSSR count). The third-order valence-corrected chi connectivity index (χ3v) is 6.40. The van der Waals surface area contributed by atoms with Gasteiger partial charge in [-0.3, -0.25) is 4.79 Å². The Hall–Kier alpha value is -3.07. The maximum Gasteiger partial charge on any atom is 0.245 e. The van der Waals surface area contributed by atoms with Crippen molar-refractivity contribution in [1.82, 2.24) is 4.72 Å². The molecule has 32 heavy (non-hydrogen) atoms. The Bertz CT molecular complexity index is 1170. The van der Waals surface area contributed by atoms with E-state index in [-0.39, 0.29) is 22.1 Å². The molecule has 3 aromatic carbocycles. The summed E-state index contributed by atoms with van der Waals surface area (Å²) in [6.45, 7) is 0. The van der Waals surface area contributed by atoms with E-state index in [1.165, 1.54) is 25.3 Å². The highest BCUT2D eigenvalue weighted by Crippen LogP contribution is 2.27. The lowest BCUT2D eigenvalue weighted by molar-refractivity contribution is -0.117. The van der Waals surface area contributed by atoms with Gasteiger partial charge in [0.05, 0.1) is 14.2 Å². The van der Waals surface area contributed by atoms with Gasteiger partial charge < -0.3 is 14.8 Å². The molecule has 0 spiro atoms. The molecule has 3 aromatic rings. The van der Waals surface area contributed by atoms with Crippen LogP contribution in [0.3, 0.4) is 0 Å². The van der Waals surface area contributed by atoms with Gasteiger partial charge in [0.25, 0.3) is 0 Å². The van der Waals surface area contributed by atoms with E-state index in [0.717, 1.165) is 5.56 Å². The van der Waals surface area contributed by atoms with Crippen molar-refractivity contribution in [1.29, 1.82) is 0 Å². The molecule has 168 valence electrons. The van der Waals surface area contributed by atoms with Gasteiger partial charge in [-0.2, -0.15) is 4.72 Å². The van der Waals surface area contributed by atoms with Gasteiger partial charge in [-0.1, -0.05) is 41.9 Å². The van der Waals surface area contributed by atoms with Crippen molar-refractivity contribution in [2.45, 2.75) is 17.4 Å². The summed E-state index contributed by atoms with van der Waals surface area (Å²) in [6.07, 6.45) is 0.144. The van der Waals surface area contributed by atoms with Crippen LogP contribution in [-0.2, 0) is 21.2 Å². The van der Waals surface area contributed by atoms with Crippen molar-refractivity contribution in [2.75, 3.05) is 19.5 Å². The fourth-order valence-electron chi connectivity index (χ4n) is 3.05. The Labute approximate surface area is 192 Å². The monoisotopic (exact) mass is 474 g/mol. The zero-order chi connectivity index (χ0) is 23.1. The first-order chi connectivity index (χ1) is 15.3. The second-order valence-corrected chi connectivity index (χ2v) is 9.00. The molecule has 0 bridgehead atoms. The number of rotatable bonds is 9. The number of anilines is 1. The van der Waals surface area contributed by atoms with Crippen LogP contribution in [0.2, 0.25) is 5.02 Å². The van der Waals surface area contributed by atoms with Crippen LogP contribution in [0.5, 0.6) is 11.5 Å². The SMILES string of the molecule is COc1ccc(NC(=O)[C@@H](Cc2ccccc2)NS(=O)(=O)c2cc(Cl)ccc2OC)cc1. The minimum Gasteiger partial charge on any atom is -0.497 e. The number of hydrogen-bond donors (Lipinski definition) is 2. The number of carbonyl (C=O) groups excluding carboxylic acids is 1. The second-order valence-electron chi connectivity index (χ2n) is 6.88. The van der Waals surface area contributed by atoms with Gasteiger partial charge in [0.2, 0.25) is 15.9 Å². The summed E-state index contributed by atoms with van der Waals surface area (Å²) in [5, 5.41) is 2.98. The Morgan fingerprint density at radius 3 is 2.28 bits per heavy atom. The normalized spacial score (nSPS) is 12.1. The van der Waals surface area contributed by atoms with Crippen molar-refractivity contribution in [3.05, 3.63) is 83.4 Å². The molecule has 0 radical (unpaired) electrons. The Balaban J connectivity index is 1.89. The number of carbonyl (C=O) groups is 1. The Morgan fingerprint density at radius 1 is 0.969 bits per heavy atom. The lowest BCUT2D eigenvalue weighted by atomic mass is 10.1. The molecular formula is C23H23ClN2O5S. The van der Waals surface area contributed by atoms with E-state index < -0.39 is 22.0 Å². The minimum absolute atomic E-state index is 0.121. The molecule has 0 saturated heterocycles. The van der Waals surface area contributed by atoms with Crippen LogP contribution in [0.15, 0.2) is 77.7 Å². The maximum atomic E-state index is 13.2. The number of benzene rings is 3. The van der Waals surface area contributed by atoms with Crippen LogP contribution in [0.1, 0.15) is 5.56 Å². The summed E-state index contributed by atoms with van der Waals surface area (Å²) < 4.78 is 39.1. The molecular weight excluding hydrogens is 452 g/mol. The molecule has 0 fully saturated rings. The summed E-state index contributed by atoms with van der Waals surface area (Å²) in [7, 11) is -1.23. The lowest BCUT2D eigenvalue weighted by Gasteiger charge is -2.20. The van der Waals surface area contributed by atoms with Gasteiger partial charge in [-0.25, -0.2) is 8.42 Å². The lowest BCUT2D eigenvalue weighted by Crippen LogP contribution is -2.45. The number of nitrogens with one attached hydrogen (secondary N) is 2. The first-order valence-electron chi connectivity index (χ1n) is 9.67. The second kappa shape index (κ2) is 10.5. The average molecular weight is 475 g/mol. The molecule has 0 aliphatic carbocycles. The maximum absolute atomic E-state index is 13.2. The number of sulfonamides is 1. The fourth-order valence-corrected chi connectivity index (χ4v) is 4.68. The number of ether oxygens (including phenoxy) is 2. The van der Waals surface area contributed by atoms with E-state index in [4.69, 9.17) is 21.1 Å². The van der Waals surface area contributed by atoms with E-state index in [1.54, 1.807) is 31.4 Å². The van der Waals surface area contributed by atoms with E-state index in [0.29, 0.717) is 11.4 Å². The predicted molar refractivity (Wildman–Crippen MR) is 124 cm³/mol. The molecule has 7 nitrogen and oxygen atoms in total. The topological polar surface area (TPSA) is 93.7 Å². The standard InChI is InChI=1S/C23H23ClN2O5S/c1-30-19-11-9-18(10-12-19)25-23(27)20(14-16-6-4-3-5-7-16)26-32(28,29)22-15-17(24)8-13-21(22)31-2/h3-13,15,20,26H,14H2,1-2H3,(H,25,27)/t20-/m1/s1. The first kappa shape index (κ1) is 23.6. The summed E-state index contributed by atoms with van der Waals surface area (Å²) in [5.41, 5.74) is 1.30. The third-order valence-electron chi connectivity index (χ3n) is 4.67. The molecule has 0 aliphatic rings. The molecule has 9 heteroatoms. The molecule has 1 amide bonds. The molecule has 0 aromatic heterocycles. The molecule has 0 unspecified atom stereocenters. The summed E-state index contributed by atoms with van der Waals surface area (Å²) in [6, 6.07) is 19.0. The highest BCUT2D eigenvalue weighted by molar-refractivity contribution is 7.89. The highest BCUT2D eigenvalue weighted by atomic mass is 35.5. The largest absolute Gasteiger partial charge is 0.497 e. The number of amides is 1. The van der Waals surface area contributed by atoms with Gasteiger partial charge in [0, 0.05) is 10.7 Å². The van der Waals surface area contributed by atoms with E-state index >= 15 is 0 Å². The van der Waals surface area contributed by atoms with Gasteiger partial charge in [0.15, 0.2) is 0 Å². The smallest absolute Gasteiger partial charge is 0.245 e. The van der Waals surface area contributed by atoms with E-state index in [2.05, 4.69) is 10.0 Å². The number of methoxy groups -OCH3 is 2. The van der Waals surface area contributed by atoms with Crippen LogP contribution in [0, 0.1) is 0 Å². The predicted octanol–water partition coefficient (Wildman–Crippen LogP) is 3.89. The zero-order valence-electron chi connectivity index (χ0n) is 17.5. The van der Waals surface area contributed by atoms with Crippen molar-refractivity contribution >= 4 is 33.2 Å². The summed E-state index contributed by atoms with van der Waals surface area (Å²) in [5.74, 6) is 0.247.